The first-order chi connectivity index (χ1) is 14.6. The molecular formula is C22H28F2N6O. The molecule has 0 radical (unpaired) electrons. The van der Waals surface area contributed by atoms with Gasteiger partial charge in [0.15, 0.2) is 0 Å². The molecule has 1 aliphatic rings. The van der Waals surface area contributed by atoms with Crippen LogP contribution in [0.25, 0.3) is 0 Å². The van der Waals surface area contributed by atoms with Crippen molar-refractivity contribution in [3.8, 4) is 6.07 Å². The van der Waals surface area contributed by atoms with Gasteiger partial charge in [-0.25, -0.2) is 13.8 Å². The average molecular weight is 431 g/mol. The van der Waals surface area contributed by atoms with Gasteiger partial charge in [-0.1, -0.05) is 13.8 Å². The van der Waals surface area contributed by atoms with E-state index in [2.05, 4.69) is 31.7 Å². The minimum atomic E-state index is -2.91. The normalized spacial score (nSPS) is 20.7. The van der Waals surface area contributed by atoms with E-state index >= 15 is 0 Å². The first kappa shape index (κ1) is 22.8. The maximum Gasteiger partial charge on any atom is 0.270 e. The first-order valence-corrected chi connectivity index (χ1v) is 10.4. The van der Waals surface area contributed by atoms with Crippen LogP contribution in [-0.4, -0.2) is 38.7 Å². The van der Waals surface area contributed by atoms with Crippen molar-refractivity contribution in [3.63, 3.8) is 0 Å². The molecular weight excluding hydrogens is 402 g/mol. The lowest BCUT2D eigenvalue weighted by Crippen LogP contribution is -2.41. The van der Waals surface area contributed by atoms with E-state index in [1.807, 2.05) is 13.8 Å². The van der Waals surface area contributed by atoms with Gasteiger partial charge in [0, 0.05) is 43.4 Å². The molecule has 0 bridgehead atoms. The van der Waals surface area contributed by atoms with Crippen molar-refractivity contribution in [1.82, 2.24) is 15.0 Å². The molecule has 2 heterocycles. The molecule has 2 aromatic rings. The van der Waals surface area contributed by atoms with Crippen LogP contribution < -0.4 is 10.6 Å². The minimum Gasteiger partial charge on any atom is -0.393 e. The number of aromatic nitrogens is 3. The van der Waals surface area contributed by atoms with Crippen molar-refractivity contribution in [2.24, 2.45) is 5.41 Å². The number of aliphatic hydroxyl groups is 1. The number of alkyl halides is 2. The number of aliphatic hydroxyl groups excluding tert-OH is 1. The molecule has 1 saturated carbocycles. The number of nitrogens with zero attached hydrogens (tertiary/aromatic N) is 4. The van der Waals surface area contributed by atoms with Gasteiger partial charge < -0.3 is 15.7 Å². The molecule has 0 saturated heterocycles. The van der Waals surface area contributed by atoms with E-state index in [9.17, 15) is 19.1 Å². The van der Waals surface area contributed by atoms with Gasteiger partial charge in [-0.3, -0.25) is 4.98 Å². The molecule has 0 unspecified atom stereocenters. The Morgan fingerprint density at radius 3 is 2.77 bits per heavy atom. The van der Waals surface area contributed by atoms with Crippen molar-refractivity contribution in [2.75, 3.05) is 17.2 Å². The van der Waals surface area contributed by atoms with Gasteiger partial charge in [0.05, 0.1) is 12.3 Å². The Balaban J connectivity index is 1.64. The molecule has 166 valence electrons. The third-order valence-electron chi connectivity index (χ3n) is 5.70. The number of hydrogen-bond acceptors (Lipinski definition) is 7. The fourth-order valence-corrected chi connectivity index (χ4v) is 3.79. The molecule has 1 fully saturated rings. The first-order valence-electron chi connectivity index (χ1n) is 10.4. The molecule has 2 atom stereocenters. The highest BCUT2D eigenvalue weighted by atomic mass is 19.3. The summed E-state index contributed by atoms with van der Waals surface area (Å²) in [6.45, 7) is 5.32. The van der Waals surface area contributed by atoms with Gasteiger partial charge >= 0.3 is 0 Å². The van der Waals surface area contributed by atoms with Crippen molar-refractivity contribution < 1.29 is 13.9 Å². The molecule has 9 heteroatoms. The highest BCUT2D eigenvalue weighted by molar-refractivity contribution is 5.54. The van der Waals surface area contributed by atoms with Gasteiger partial charge in [-0.15, -0.1) is 0 Å². The second kappa shape index (κ2) is 9.10. The second-order valence-corrected chi connectivity index (χ2v) is 8.80. The molecule has 31 heavy (non-hydrogen) atoms. The quantitative estimate of drug-likeness (QED) is 0.612. The minimum absolute atomic E-state index is 0.0702. The lowest BCUT2D eigenvalue weighted by Gasteiger charge is -2.40. The van der Waals surface area contributed by atoms with Crippen LogP contribution in [0.4, 0.5) is 20.5 Å². The van der Waals surface area contributed by atoms with Crippen LogP contribution in [0.15, 0.2) is 24.5 Å². The summed E-state index contributed by atoms with van der Waals surface area (Å²) in [7, 11) is 0. The summed E-state index contributed by atoms with van der Waals surface area (Å²) < 4.78 is 27.0. The topological polar surface area (TPSA) is 107 Å². The monoisotopic (exact) mass is 430 g/mol. The Bertz CT molecular complexity index is 954. The van der Waals surface area contributed by atoms with Gasteiger partial charge in [-0.05, 0) is 36.8 Å². The van der Waals surface area contributed by atoms with Crippen LogP contribution in [-0.2, 0) is 12.3 Å². The SMILES string of the molecule is CC(F)(F)c1ccnc(CCNc2ncc(C#N)c(N[C@@H]3CC[C@H](O)C(C)(C)C3)n2)c1. The fourth-order valence-electron chi connectivity index (χ4n) is 3.79. The van der Waals surface area contributed by atoms with Gasteiger partial charge in [0.1, 0.15) is 17.5 Å². The van der Waals surface area contributed by atoms with Crippen LogP contribution in [0.3, 0.4) is 0 Å². The number of nitriles is 1. The van der Waals surface area contributed by atoms with Gasteiger partial charge in [0.2, 0.25) is 5.95 Å². The summed E-state index contributed by atoms with van der Waals surface area (Å²) in [6, 6.07) is 4.90. The Kier molecular flexibility index (Phi) is 6.70. The van der Waals surface area contributed by atoms with Crippen molar-refractivity contribution >= 4 is 11.8 Å². The van der Waals surface area contributed by atoms with Crippen LogP contribution in [0.5, 0.6) is 0 Å². The molecule has 0 spiro atoms. The van der Waals surface area contributed by atoms with Crippen LogP contribution in [0.2, 0.25) is 0 Å². The molecule has 3 rings (SSSR count). The predicted octanol–water partition coefficient (Wildman–Crippen LogP) is 3.86. The molecule has 0 amide bonds. The highest BCUT2D eigenvalue weighted by Crippen LogP contribution is 2.37. The maximum absolute atomic E-state index is 13.5. The average Bonchev–Trinajstić information content (AvgIpc) is 2.70. The van der Waals surface area contributed by atoms with Gasteiger partial charge in [0.25, 0.3) is 5.92 Å². The van der Waals surface area contributed by atoms with Crippen molar-refractivity contribution in [1.29, 1.82) is 5.26 Å². The van der Waals surface area contributed by atoms with E-state index in [1.165, 1.54) is 24.5 Å². The standard InChI is InChI=1S/C22H28F2N6O/c1-21(2)11-17(4-5-18(21)31)29-19-14(12-25)13-28-20(30-19)27-9-7-16-10-15(6-8-26-16)22(3,23)24/h6,8,10,13,17-18,31H,4-5,7,9,11H2,1-3H3,(H2,27,28,29,30)/t17-,18+/m1/s1. The van der Waals surface area contributed by atoms with Crippen LogP contribution in [0.1, 0.15) is 56.9 Å². The summed E-state index contributed by atoms with van der Waals surface area (Å²) in [6.07, 6.45) is 5.14. The Morgan fingerprint density at radius 2 is 2.10 bits per heavy atom. The Morgan fingerprint density at radius 1 is 1.32 bits per heavy atom. The third kappa shape index (κ3) is 5.85. The van der Waals surface area contributed by atoms with E-state index in [1.54, 1.807) is 0 Å². The second-order valence-electron chi connectivity index (χ2n) is 8.80. The van der Waals surface area contributed by atoms with Crippen molar-refractivity contribution in [2.45, 2.75) is 64.5 Å². The molecule has 0 aliphatic heterocycles. The number of hydrogen-bond donors (Lipinski definition) is 3. The molecule has 0 aromatic carbocycles. The summed E-state index contributed by atoms with van der Waals surface area (Å²) in [4.78, 5) is 12.7. The fraction of sp³-hybridized carbons (Fsp3) is 0.545. The van der Waals surface area contributed by atoms with E-state index in [4.69, 9.17) is 0 Å². The zero-order valence-corrected chi connectivity index (χ0v) is 18.0. The van der Waals surface area contributed by atoms with E-state index in [0.29, 0.717) is 42.4 Å². The number of halogens is 2. The summed E-state index contributed by atoms with van der Waals surface area (Å²) >= 11 is 0. The maximum atomic E-state index is 13.5. The largest absolute Gasteiger partial charge is 0.393 e. The zero-order valence-electron chi connectivity index (χ0n) is 18.0. The summed E-state index contributed by atoms with van der Waals surface area (Å²) in [5, 5.41) is 25.9. The summed E-state index contributed by atoms with van der Waals surface area (Å²) in [5.41, 5.74) is 0.600. The van der Waals surface area contributed by atoms with E-state index < -0.39 is 5.92 Å². The Hall–Kier alpha value is -2.86. The third-order valence-corrected chi connectivity index (χ3v) is 5.70. The van der Waals surface area contributed by atoms with E-state index in [0.717, 1.165) is 19.8 Å². The molecule has 1 aliphatic carbocycles. The number of rotatable bonds is 7. The smallest absolute Gasteiger partial charge is 0.270 e. The lowest BCUT2D eigenvalue weighted by atomic mass is 9.73. The number of pyridine rings is 1. The Labute approximate surface area is 181 Å². The number of anilines is 2. The molecule has 2 aromatic heterocycles. The van der Waals surface area contributed by atoms with Gasteiger partial charge in [-0.2, -0.15) is 10.2 Å². The zero-order chi connectivity index (χ0) is 22.6. The number of nitrogens with one attached hydrogen (secondary N) is 2. The van der Waals surface area contributed by atoms with E-state index in [-0.39, 0.29) is 23.1 Å². The highest BCUT2D eigenvalue weighted by Gasteiger charge is 2.36. The molecule has 7 nitrogen and oxygen atoms in total. The lowest BCUT2D eigenvalue weighted by molar-refractivity contribution is 0.00926. The summed E-state index contributed by atoms with van der Waals surface area (Å²) in [5.74, 6) is -2.12. The molecule has 3 N–H and O–H groups in total. The van der Waals surface area contributed by atoms with Crippen LogP contribution in [0, 0.1) is 16.7 Å². The van der Waals surface area contributed by atoms with Crippen molar-refractivity contribution in [3.05, 3.63) is 41.3 Å². The predicted molar refractivity (Wildman–Crippen MR) is 114 cm³/mol. The van der Waals surface area contributed by atoms with Crippen LogP contribution >= 0.6 is 0 Å².